The minimum atomic E-state index is -4.61. The highest BCUT2D eigenvalue weighted by atomic mass is 19.4. The lowest BCUT2D eigenvalue weighted by Crippen LogP contribution is -2.51. The van der Waals surface area contributed by atoms with Crippen molar-refractivity contribution in [3.8, 4) is 6.07 Å². The second kappa shape index (κ2) is 8.51. The first-order chi connectivity index (χ1) is 15.3. The van der Waals surface area contributed by atoms with Gasteiger partial charge in [-0.15, -0.1) is 0 Å². The summed E-state index contributed by atoms with van der Waals surface area (Å²) in [5.41, 5.74) is -1.16. The average molecular weight is 447 g/mol. The highest BCUT2D eigenvalue weighted by molar-refractivity contribution is 5.91. The molecule has 4 rings (SSSR count). The Morgan fingerprint density at radius 2 is 2.16 bits per heavy atom. The maximum absolute atomic E-state index is 13.5. The fraction of sp³-hybridized carbons (Fsp3) is 0.478. The van der Waals surface area contributed by atoms with Crippen molar-refractivity contribution >= 4 is 11.6 Å². The number of carbonyl (C=O) groups excluding carboxylic acids is 1. The number of halogens is 3. The van der Waals surface area contributed by atoms with Crippen molar-refractivity contribution in [2.75, 3.05) is 44.3 Å². The summed E-state index contributed by atoms with van der Waals surface area (Å²) >= 11 is 0. The van der Waals surface area contributed by atoms with Gasteiger partial charge in [0, 0.05) is 49.8 Å². The summed E-state index contributed by atoms with van der Waals surface area (Å²) in [6, 6.07) is 8.75. The minimum absolute atomic E-state index is 0.0340. The van der Waals surface area contributed by atoms with Crippen LogP contribution in [-0.2, 0) is 10.9 Å². The van der Waals surface area contributed by atoms with Crippen LogP contribution in [0, 0.1) is 22.7 Å². The van der Waals surface area contributed by atoms with E-state index in [1.54, 1.807) is 29.2 Å². The van der Waals surface area contributed by atoms with E-state index in [1.165, 1.54) is 12.3 Å². The first kappa shape index (κ1) is 22.2. The number of hydrogen-bond donors (Lipinski definition) is 0. The van der Waals surface area contributed by atoms with Crippen LogP contribution in [0.1, 0.15) is 35.0 Å². The van der Waals surface area contributed by atoms with E-state index >= 15 is 0 Å². The molecule has 32 heavy (non-hydrogen) atoms. The highest BCUT2D eigenvalue weighted by Crippen LogP contribution is 2.45. The summed E-state index contributed by atoms with van der Waals surface area (Å²) in [6.45, 7) is 4.96. The number of benzene rings is 1. The van der Waals surface area contributed by atoms with E-state index in [-0.39, 0.29) is 23.0 Å². The van der Waals surface area contributed by atoms with Gasteiger partial charge in [-0.3, -0.25) is 4.79 Å². The molecule has 0 unspecified atom stereocenters. The Balaban J connectivity index is 1.60. The van der Waals surface area contributed by atoms with Gasteiger partial charge >= 0.3 is 6.18 Å². The number of anilines is 1. The molecule has 2 aliphatic heterocycles. The molecular weight excluding hydrogens is 423 g/mol. The Kier molecular flexibility index (Phi) is 5.91. The fourth-order valence-electron chi connectivity index (χ4n) is 4.82. The van der Waals surface area contributed by atoms with Gasteiger partial charge in [-0.2, -0.15) is 18.4 Å². The second-order valence-electron chi connectivity index (χ2n) is 8.39. The number of amides is 1. The van der Waals surface area contributed by atoms with Gasteiger partial charge in [-0.1, -0.05) is 0 Å². The van der Waals surface area contributed by atoms with Gasteiger partial charge in [0.1, 0.15) is 0 Å². The molecule has 0 radical (unpaired) electrons. The molecule has 9 heteroatoms. The van der Waals surface area contributed by atoms with E-state index in [9.17, 15) is 18.0 Å². The summed E-state index contributed by atoms with van der Waals surface area (Å²) in [7, 11) is 0. The number of furan rings is 1. The smallest absolute Gasteiger partial charge is 0.417 e. The SMILES string of the molecule is CCOC[C@@]12CCN(C(=O)c3ccco3)C[C@@H]1CN(c1ccc(C#N)c(C(F)(F)F)c1)C2. The Labute approximate surface area is 184 Å². The molecule has 170 valence electrons. The number of hydrogen-bond acceptors (Lipinski definition) is 5. The molecule has 0 bridgehead atoms. The van der Waals surface area contributed by atoms with Gasteiger partial charge in [-0.25, -0.2) is 0 Å². The molecule has 0 aliphatic carbocycles. The maximum atomic E-state index is 13.5. The standard InChI is InChI=1S/C23H24F3N3O3/c1-2-31-15-22-7-8-28(21(30)20-4-3-9-32-20)12-17(22)13-29(14-22)18-6-5-16(11-27)19(10-18)23(24,25)26/h3-6,9-10,17H,2,7-8,12-15H2,1H3/t17-,22+/m1/s1. The topological polar surface area (TPSA) is 69.7 Å². The summed E-state index contributed by atoms with van der Waals surface area (Å²) in [5, 5.41) is 9.08. The lowest BCUT2D eigenvalue weighted by atomic mass is 9.73. The predicted molar refractivity (Wildman–Crippen MR) is 110 cm³/mol. The average Bonchev–Trinajstić information content (AvgIpc) is 3.44. The van der Waals surface area contributed by atoms with Crippen LogP contribution in [0.3, 0.4) is 0 Å². The molecule has 2 atom stereocenters. The van der Waals surface area contributed by atoms with Crippen LogP contribution in [0.2, 0.25) is 0 Å². The van der Waals surface area contributed by atoms with E-state index in [0.29, 0.717) is 51.5 Å². The van der Waals surface area contributed by atoms with Crippen molar-refractivity contribution in [2.45, 2.75) is 19.5 Å². The minimum Gasteiger partial charge on any atom is -0.459 e. The summed E-state index contributed by atoms with van der Waals surface area (Å²) in [5.74, 6) is 0.127. The zero-order valence-corrected chi connectivity index (χ0v) is 17.7. The normalized spacial score (nSPS) is 23.2. The maximum Gasteiger partial charge on any atom is 0.417 e. The van der Waals surface area contributed by atoms with Crippen molar-refractivity contribution in [3.63, 3.8) is 0 Å². The van der Waals surface area contributed by atoms with Crippen LogP contribution in [-0.4, -0.2) is 50.2 Å². The van der Waals surface area contributed by atoms with Crippen molar-refractivity contribution in [1.82, 2.24) is 4.90 Å². The quantitative estimate of drug-likeness (QED) is 0.688. The number of rotatable bonds is 5. The number of piperidine rings is 1. The van der Waals surface area contributed by atoms with E-state index in [1.807, 2.05) is 11.8 Å². The lowest BCUT2D eigenvalue weighted by Gasteiger charge is -2.42. The number of nitriles is 1. The molecule has 0 saturated carbocycles. The number of nitrogens with zero attached hydrogens (tertiary/aromatic N) is 3. The second-order valence-corrected chi connectivity index (χ2v) is 8.39. The van der Waals surface area contributed by atoms with E-state index in [0.717, 1.165) is 6.07 Å². The summed E-state index contributed by atoms with van der Waals surface area (Å²) in [6.07, 6.45) is -2.47. The fourth-order valence-corrected chi connectivity index (χ4v) is 4.82. The molecule has 2 saturated heterocycles. The van der Waals surface area contributed by atoms with E-state index in [4.69, 9.17) is 14.4 Å². The van der Waals surface area contributed by atoms with Gasteiger partial charge in [0.25, 0.3) is 5.91 Å². The first-order valence-corrected chi connectivity index (χ1v) is 10.5. The van der Waals surface area contributed by atoms with Gasteiger partial charge in [-0.05, 0) is 43.7 Å². The Bertz CT molecular complexity index is 1020. The molecular formula is C23H24F3N3O3. The Hall–Kier alpha value is -2.99. The van der Waals surface area contributed by atoms with Crippen LogP contribution in [0.5, 0.6) is 0 Å². The van der Waals surface area contributed by atoms with Gasteiger partial charge in [0.2, 0.25) is 0 Å². The van der Waals surface area contributed by atoms with E-state index in [2.05, 4.69) is 0 Å². The number of likely N-dealkylation sites (tertiary alicyclic amines) is 1. The molecule has 1 amide bonds. The van der Waals surface area contributed by atoms with Crippen molar-refractivity contribution in [3.05, 3.63) is 53.5 Å². The predicted octanol–water partition coefficient (Wildman–Crippen LogP) is 4.18. The van der Waals surface area contributed by atoms with Crippen LogP contribution in [0.25, 0.3) is 0 Å². The molecule has 2 aliphatic rings. The van der Waals surface area contributed by atoms with Gasteiger partial charge in [0.05, 0.1) is 30.1 Å². The number of fused-ring (bicyclic) bond motifs is 1. The molecule has 2 fully saturated rings. The Morgan fingerprint density at radius 3 is 2.81 bits per heavy atom. The highest BCUT2D eigenvalue weighted by Gasteiger charge is 2.51. The third kappa shape index (κ3) is 4.07. The Morgan fingerprint density at radius 1 is 1.34 bits per heavy atom. The zero-order chi connectivity index (χ0) is 22.9. The molecule has 0 spiro atoms. The van der Waals surface area contributed by atoms with Gasteiger partial charge < -0.3 is 19.0 Å². The third-order valence-electron chi connectivity index (χ3n) is 6.54. The third-order valence-corrected chi connectivity index (χ3v) is 6.54. The molecule has 2 aromatic rings. The van der Waals surface area contributed by atoms with Crippen LogP contribution in [0.4, 0.5) is 18.9 Å². The molecule has 0 N–H and O–H groups in total. The van der Waals surface area contributed by atoms with Crippen LogP contribution in [0.15, 0.2) is 41.0 Å². The molecule has 3 heterocycles. The molecule has 1 aromatic carbocycles. The van der Waals surface area contributed by atoms with E-state index < -0.39 is 17.3 Å². The van der Waals surface area contributed by atoms with Crippen molar-refractivity contribution in [2.24, 2.45) is 11.3 Å². The number of alkyl halides is 3. The summed E-state index contributed by atoms with van der Waals surface area (Å²) in [4.78, 5) is 16.4. The van der Waals surface area contributed by atoms with Crippen LogP contribution >= 0.6 is 0 Å². The van der Waals surface area contributed by atoms with Crippen molar-refractivity contribution in [1.29, 1.82) is 5.26 Å². The number of ether oxygens (including phenoxy) is 1. The summed E-state index contributed by atoms with van der Waals surface area (Å²) < 4.78 is 51.4. The van der Waals surface area contributed by atoms with Crippen LogP contribution < -0.4 is 4.90 Å². The van der Waals surface area contributed by atoms with Crippen molar-refractivity contribution < 1.29 is 27.1 Å². The first-order valence-electron chi connectivity index (χ1n) is 10.5. The molecule has 1 aromatic heterocycles. The largest absolute Gasteiger partial charge is 0.459 e. The molecule has 6 nitrogen and oxygen atoms in total. The zero-order valence-electron chi connectivity index (χ0n) is 17.7. The monoisotopic (exact) mass is 447 g/mol. The lowest BCUT2D eigenvalue weighted by molar-refractivity contribution is -0.137. The number of carbonyl (C=O) groups is 1. The van der Waals surface area contributed by atoms with Gasteiger partial charge in [0.15, 0.2) is 5.76 Å².